The van der Waals surface area contributed by atoms with Crippen molar-refractivity contribution in [2.24, 2.45) is 9.98 Å². The quantitative estimate of drug-likeness (QED) is 0.801. The molecule has 1 N–H and O–H groups in total. The van der Waals surface area contributed by atoms with Gasteiger partial charge in [0.1, 0.15) is 5.84 Å². The highest BCUT2D eigenvalue weighted by molar-refractivity contribution is 6.18. The summed E-state index contributed by atoms with van der Waals surface area (Å²) in [5.74, 6) is -8.01. The lowest BCUT2D eigenvalue weighted by atomic mass is 10.1. The molecule has 2 aliphatic heterocycles. The van der Waals surface area contributed by atoms with Crippen molar-refractivity contribution in [1.82, 2.24) is 10.2 Å². The first-order valence-electron chi connectivity index (χ1n) is 6.48. The van der Waals surface area contributed by atoms with E-state index < -0.39 is 24.0 Å². The smallest absolute Gasteiger partial charge is 0.294 e. The third kappa shape index (κ3) is 2.43. The van der Waals surface area contributed by atoms with E-state index in [-0.39, 0.29) is 6.54 Å². The highest BCUT2D eigenvalue weighted by Gasteiger charge is 2.63. The molecule has 1 aromatic rings. The van der Waals surface area contributed by atoms with Gasteiger partial charge in [-0.2, -0.15) is 22.0 Å². The van der Waals surface area contributed by atoms with E-state index in [9.17, 15) is 26.7 Å². The molecule has 3 rings (SSSR count). The number of nitrogens with zero attached hydrogens (tertiary/aromatic N) is 3. The number of guanidine groups is 1. The Hall–Kier alpha value is -2.52. The molecule has 0 spiro atoms. The summed E-state index contributed by atoms with van der Waals surface area (Å²) in [7, 11) is 0. The average molecular weight is 332 g/mol. The topological polar surface area (TPSA) is 57.1 Å². The standard InChI is InChI=1S/C13H9F5N4O/c14-12(15,13(16,17)18)10(23)21-11-20-8-4-2-1-3-7(8)9-19-5-6-22(9)11/h1-4H,5-6H2,(H,20,21,23). The number of para-hydroxylation sites is 1. The molecule has 0 aliphatic carbocycles. The molecule has 0 saturated heterocycles. The number of halogens is 5. The summed E-state index contributed by atoms with van der Waals surface area (Å²) in [4.78, 5) is 20.8. The van der Waals surface area contributed by atoms with Crippen LogP contribution >= 0.6 is 0 Å². The summed E-state index contributed by atoms with van der Waals surface area (Å²) in [6, 6.07) is 6.58. The second-order valence-corrected chi connectivity index (χ2v) is 4.84. The van der Waals surface area contributed by atoms with Crippen molar-refractivity contribution in [3.05, 3.63) is 29.8 Å². The minimum Gasteiger partial charge on any atom is -0.294 e. The molecule has 0 saturated carbocycles. The first kappa shape index (κ1) is 15.4. The van der Waals surface area contributed by atoms with Crippen molar-refractivity contribution >= 4 is 23.4 Å². The van der Waals surface area contributed by atoms with E-state index in [0.29, 0.717) is 23.6 Å². The van der Waals surface area contributed by atoms with E-state index in [1.54, 1.807) is 29.6 Å². The number of nitrogens with one attached hydrogen (secondary N) is 1. The molecule has 0 fully saturated rings. The molecule has 1 amide bonds. The molecule has 122 valence electrons. The summed E-state index contributed by atoms with van der Waals surface area (Å²) in [5.41, 5.74) is 0.945. The molecular formula is C13H9F5N4O. The number of fused-ring (bicyclic) bond motifs is 3. The predicted octanol–water partition coefficient (Wildman–Crippen LogP) is 2.06. The first-order chi connectivity index (χ1) is 10.7. The van der Waals surface area contributed by atoms with E-state index in [4.69, 9.17) is 0 Å². The monoisotopic (exact) mass is 332 g/mol. The lowest BCUT2D eigenvalue weighted by molar-refractivity contribution is -0.269. The van der Waals surface area contributed by atoms with Gasteiger partial charge in [-0.1, -0.05) is 12.1 Å². The second-order valence-electron chi connectivity index (χ2n) is 4.84. The maximum Gasteiger partial charge on any atom is 0.463 e. The van der Waals surface area contributed by atoms with Crippen molar-refractivity contribution in [3.8, 4) is 0 Å². The highest BCUT2D eigenvalue weighted by atomic mass is 19.4. The van der Waals surface area contributed by atoms with Crippen LogP contribution in [0.4, 0.5) is 27.6 Å². The largest absolute Gasteiger partial charge is 0.463 e. The van der Waals surface area contributed by atoms with Gasteiger partial charge in [0.2, 0.25) is 5.96 Å². The van der Waals surface area contributed by atoms with Gasteiger partial charge in [-0.05, 0) is 12.1 Å². The van der Waals surface area contributed by atoms with Crippen LogP contribution in [0.15, 0.2) is 34.3 Å². The molecule has 10 heteroatoms. The van der Waals surface area contributed by atoms with Crippen LogP contribution in [0.2, 0.25) is 0 Å². The number of amidine groups is 1. The number of carbonyl (C=O) groups is 1. The van der Waals surface area contributed by atoms with Crippen molar-refractivity contribution < 1.29 is 26.7 Å². The highest BCUT2D eigenvalue weighted by Crippen LogP contribution is 2.36. The van der Waals surface area contributed by atoms with Crippen LogP contribution in [0.1, 0.15) is 5.56 Å². The van der Waals surface area contributed by atoms with Gasteiger partial charge in [-0.25, -0.2) is 4.99 Å². The van der Waals surface area contributed by atoms with Crippen LogP contribution in [-0.4, -0.2) is 47.8 Å². The van der Waals surface area contributed by atoms with Gasteiger partial charge in [0.05, 0.1) is 12.2 Å². The zero-order chi connectivity index (χ0) is 16.8. The fourth-order valence-corrected chi connectivity index (χ4v) is 2.22. The Balaban J connectivity index is 1.94. The summed E-state index contributed by atoms with van der Waals surface area (Å²) < 4.78 is 62.9. The molecule has 0 bridgehead atoms. The van der Waals surface area contributed by atoms with Gasteiger partial charge in [0.25, 0.3) is 0 Å². The normalized spacial score (nSPS) is 17.2. The van der Waals surface area contributed by atoms with Crippen LogP contribution in [-0.2, 0) is 4.79 Å². The van der Waals surface area contributed by atoms with Gasteiger partial charge in [-0.3, -0.25) is 20.0 Å². The Kier molecular flexibility index (Phi) is 3.34. The summed E-state index contributed by atoms with van der Waals surface area (Å²) in [6.45, 7) is 0.536. The zero-order valence-electron chi connectivity index (χ0n) is 11.4. The van der Waals surface area contributed by atoms with Crippen molar-refractivity contribution in [1.29, 1.82) is 0 Å². The minimum atomic E-state index is -5.98. The van der Waals surface area contributed by atoms with Crippen LogP contribution in [0, 0.1) is 0 Å². The maximum absolute atomic E-state index is 13.1. The van der Waals surface area contributed by atoms with Crippen LogP contribution in [0.25, 0.3) is 0 Å². The van der Waals surface area contributed by atoms with E-state index in [1.807, 2.05) is 0 Å². The van der Waals surface area contributed by atoms with Crippen LogP contribution in [0.5, 0.6) is 0 Å². The SMILES string of the molecule is O=C(NC1=Nc2ccccc2C2=NCCN12)C(F)(F)C(F)(F)F. The Labute approximate surface area is 126 Å². The Bertz CT molecular complexity index is 725. The van der Waals surface area contributed by atoms with Crippen molar-refractivity contribution in [2.45, 2.75) is 12.1 Å². The molecule has 0 unspecified atom stereocenters. The first-order valence-corrected chi connectivity index (χ1v) is 6.48. The number of hydrogen-bond acceptors (Lipinski definition) is 4. The molecule has 2 aliphatic rings. The molecule has 2 heterocycles. The summed E-state index contributed by atoms with van der Waals surface area (Å²) in [6.07, 6.45) is -5.98. The molecule has 0 atom stereocenters. The van der Waals surface area contributed by atoms with Crippen LogP contribution < -0.4 is 5.32 Å². The molecule has 23 heavy (non-hydrogen) atoms. The lowest BCUT2D eigenvalue weighted by Gasteiger charge is -2.28. The third-order valence-corrected chi connectivity index (χ3v) is 3.33. The van der Waals surface area contributed by atoms with E-state index in [2.05, 4.69) is 9.98 Å². The molecule has 1 aromatic carbocycles. The summed E-state index contributed by atoms with van der Waals surface area (Å²) in [5, 5.41) is 1.56. The Morgan fingerprint density at radius 2 is 1.87 bits per heavy atom. The third-order valence-electron chi connectivity index (χ3n) is 3.33. The fraction of sp³-hybridized carbons (Fsp3) is 0.308. The molecule has 5 nitrogen and oxygen atoms in total. The molecule has 0 radical (unpaired) electrons. The van der Waals surface area contributed by atoms with Crippen molar-refractivity contribution in [2.75, 3.05) is 13.1 Å². The van der Waals surface area contributed by atoms with Gasteiger partial charge in [0, 0.05) is 12.1 Å². The van der Waals surface area contributed by atoms with Gasteiger partial charge >= 0.3 is 18.0 Å². The number of rotatable bonds is 1. The number of amides is 1. The lowest BCUT2D eigenvalue weighted by Crippen LogP contribution is -2.56. The summed E-state index contributed by atoms with van der Waals surface area (Å²) >= 11 is 0. The number of hydrogen-bond donors (Lipinski definition) is 1. The fourth-order valence-electron chi connectivity index (χ4n) is 2.22. The van der Waals surface area contributed by atoms with Crippen LogP contribution in [0.3, 0.4) is 0 Å². The average Bonchev–Trinajstić information content (AvgIpc) is 2.96. The molecule has 0 aromatic heterocycles. The predicted molar refractivity (Wildman–Crippen MR) is 70.8 cm³/mol. The number of aliphatic imine (C=N–C) groups is 2. The van der Waals surface area contributed by atoms with Gasteiger partial charge in [0.15, 0.2) is 0 Å². The van der Waals surface area contributed by atoms with Crippen molar-refractivity contribution in [3.63, 3.8) is 0 Å². The van der Waals surface area contributed by atoms with E-state index in [1.165, 1.54) is 4.90 Å². The second kappa shape index (κ2) is 5.00. The van der Waals surface area contributed by atoms with E-state index >= 15 is 0 Å². The number of alkyl halides is 5. The minimum absolute atomic E-state index is 0.223. The van der Waals surface area contributed by atoms with Gasteiger partial charge < -0.3 is 0 Å². The molecular weight excluding hydrogens is 323 g/mol. The van der Waals surface area contributed by atoms with Gasteiger partial charge in [-0.15, -0.1) is 0 Å². The Morgan fingerprint density at radius 1 is 1.17 bits per heavy atom. The maximum atomic E-state index is 13.1. The Morgan fingerprint density at radius 3 is 2.57 bits per heavy atom. The zero-order valence-corrected chi connectivity index (χ0v) is 11.4. The number of carbonyl (C=O) groups excluding carboxylic acids is 1. The number of benzene rings is 1. The van der Waals surface area contributed by atoms with E-state index in [0.717, 1.165) is 0 Å².